The van der Waals surface area contributed by atoms with Crippen molar-refractivity contribution in [2.75, 3.05) is 20.2 Å². The standard InChI is InChI=1S/C11H14N2O2/c1-15-11(14)8-13-6-4-10-9(7-13)3-2-5-12-10/h2-3,5H,4,6-8H2,1H3. The average molecular weight is 206 g/mol. The molecule has 0 atom stereocenters. The van der Waals surface area contributed by atoms with Gasteiger partial charge in [-0.2, -0.15) is 0 Å². The number of rotatable bonds is 2. The van der Waals surface area contributed by atoms with E-state index in [1.54, 1.807) is 0 Å². The van der Waals surface area contributed by atoms with Crippen LogP contribution in [0.2, 0.25) is 0 Å². The van der Waals surface area contributed by atoms with Gasteiger partial charge >= 0.3 is 5.97 Å². The summed E-state index contributed by atoms with van der Waals surface area (Å²) in [5.41, 5.74) is 2.37. The number of hydrogen-bond donors (Lipinski definition) is 0. The van der Waals surface area contributed by atoms with Crippen LogP contribution in [0.4, 0.5) is 0 Å². The SMILES string of the molecule is COC(=O)CN1CCc2ncccc2C1. The van der Waals surface area contributed by atoms with Crippen LogP contribution in [0.25, 0.3) is 0 Å². The molecule has 0 spiro atoms. The normalized spacial score (nSPS) is 15.8. The summed E-state index contributed by atoms with van der Waals surface area (Å²) in [6.45, 7) is 2.03. The first kappa shape index (κ1) is 10.1. The second-order valence-corrected chi connectivity index (χ2v) is 3.65. The Labute approximate surface area is 88.9 Å². The first-order chi connectivity index (χ1) is 7.29. The highest BCUT2D eigenvalue weighted by molar-refractivity contribution is 5.71. The highest BCUT2D eigenvalue weighted by atomic mass is 16.5. The van der Waals surface area contributed by atoms with Crippen molar-refractivity contribution in [3.63, 3.8) is 0 Å². The molecule has 0 radical (unpaired) electrons. The molecule has 0 aromatic carbocycles. The van der Waals surface area contributed by atoms with Gasteiger partial charge in [0.2, 0.25) is 0 Å². The van der Waals surface area contributed by atoms with Gasteiger partial charge in [0, 0.05) is 31.4 Å². The van der Waals surface area contributed by atoms with Gasteiger partial charge < -0.3 is 4.74 Å². The molecular weight excluding hydrogens is 192 g/mol. The molecule has 15 heavy (non-hydrogen) atoms. The molecule has 1 aliphatic heterocycles. The van der Waals surface area contributed by atoms with E-state index in [0.717, 1.165) is 25.2 Å². The number of carbonyl (C=O) groups is 1. The number of methoxy groups -OCH3 is 1. The predicted molar refractivity (Wildman–Crippen MR) is 55.2 cm³/mol. The molecule has 4 nitrogen and oxygen atoms in total. The molecular formula is C11H14N2O2. The maximum absolute atomic E-state index is 11.1. The molecule has 2 rings (SSSR count). The van der Waals surface area contributed by atoms with Gasteiger partial charge in [-0.05, 0) is 11.6 Å². The Balaban J connectivity index is 2.02. The largest absolute Gasteiger partial charge is 0.468 e. The lowest BCUT2D eigenvalue weighted by Gasteiger charge is -2.26. The summed E-state index contributed by atoms with van der Waals surface area (Å²) in [6.07, 6.45) is 2.72. The molecule has 1 aliphatic rings. The van der Waals surface area contributed by atoms with Gasteiger partial charge in [0.25, 0.3) is 0 Å². The predicted octanol–water partition coefficient (Wildman–Crippen LogP) is 0.613. The third-order valence-electron chi connectivity index (χ3n) is 2.62. The maximum Gasteiger partial charge on any atom is 0.319 e. The Morgan fingerprint density at radius 2 is 2.53 bits per heavy atom. The molecule has 80 valence electrons. The Morgan fingerprint density at radius 3 is 3.33 bits per heavy atom. The molecule has 2 heterocycles. The van der Waals surface area contributed by atoms with Gasteiger partial charge in [-0.3, -0.25) is 14.7 Å². The number of esters is 1. The molecule has 0 saturated carbocycles. The summed E-state index contributed by atoms with van der Waals surface area (Å²) in [7, 11) is 1.42. The van der Waals surface area contributed by atoms with Crippen molar-refractivity contribution < 1.29 is 9.53 Å². The van der Waals surface area contributed by atoms with Crippen molar-refractivity contribution in [3.05, 3.63) is 29.6 Å². The van der Waals surface area contributed by atoms with Crippen molar-refractivity contribution in [1.29, 1.82) is 0 Å². The maximum atomic E-state index is 11.1. The third kappa shape index (κ3) is 2.33. The fourth-order valence-corrected chi connectivity index (χ4v) is 1.81. The van der Waals surface area contributed by atoms with Gasteiger partial charge in [-0.25, -0.2) is 0 Å². The Morgan fingerprint density at radius 1 is 1.67 bits per heavy atom. The van der Waals surface area contributed by atoms with Gasteiger partial charge in [-0.1, -0.05) is 6.07 Å². The number of fused-ring (bicyclic) bond motifs is 1. The number of ether oxygens (including phenoxy) is 1. The van der Waals surface area contributed by atoms with E-state index in [9.17, 15) is 4.79 Å². The van der Waals surface area contributed by atoms with Crippen molar-refractivity contribution in [2.45, 2.75) is 13.0 Å². The summed E-state index contributed by atoms with van der Waals surface area (Å²) < 4.78 is 4.64. The molecule has 0 fully saturated rings. The molecule has 0 saturated heterocycles. The lowest BCUT2D eigenvalue weighted by atomic mass is 10.1. The highest BCUT2D eigenvalue weighted by Crippen LogP contribution is 2.15. The topological polar surface area (TPSA) is 42.4 Å². The molecule has 0 unspecified atom stereocenters. The van der Waals surface area contributed by atoms with E-state index < -0.39 is 0 Å². The highest BCUT2D eigenvalue weighted by Gasteiger charge is 2.18. The van der Waals surface area contributed by atoms with E-state index in [2.05, 4.69) is 20.7 Å². The van der Waals surface area contributed by atoms with Gasteiger partial charge in [0.05, 0.1) is 13.7 Å². The zero-order valence-electron chi connectivity index (χ0n) is 8.77. The van der Waals surface area contributed by atoms with E-state index >= 15 is 0 Å². The number of aromatic nitrogens is 1. The van der Waals surface area contributed by atoms with Crippen LogP contribution in [-0.2, 0) is 22.5 Å². The summed E-state index contributed by atoms with van der Waals surface area (Å²) in [5, 5.41) is 0. The Kier molecular flexibility index (Phi) is 2.97. The lowest BCUT2D eigenvalue weighted by Crippen LogP contribution is -2.35. The second-order valence-electron chi connectivity index (χ2n) is 3.65. The van der Waals surface area contributed by atoms with E-state index in [1.165, 1.54) is 12.7 Å². The van der Waals surface area contributed by atoms with Crippen LogP contribution in [0.15, 0.2) is 18.3 Å². The van der Waals surface area contributed by atoms with Crippen LogP contribution in [0.1, 0.15) is 11.3 Å². The quantitative estimate of drug-likeness (QED) is 0.665. The number of pyridine rings is 1. The van der Waals surface area contributed by atoms with Crippen LogP contribution >= 0.6 is 0 Å². The minimum Gasteiger partial charge on any atom is -0.468 e. The third-order valence-corrected chi connectivity index (χ3v) is 2.62. The van der Waals surface area contributed by atoms with Crippen molar-refractivity contribution in [1.82, 2.24) is 9.88 Å². The summed E-state index contributed by atoms with van der Waals surface area (Å²) >= 11 is 0. The number of nitrogens with zero attached hydrogens (tertiary/aromatic N) is 2. The minimum absolute atomic E-state index is 0.178. The Bertz CT molecular complexity index is 365. The molecule has 4 heteroatoms. The first-order valence-corrected chi connectivity index (χ1v) is 5.01. The van der Waals surface area contributed by atoms with Gasteiger partial charge in [0.15, 0.2) is 0 Å². The number of carbonyl (C=O) groups excluding carboxylic acids is 1. The van der Waals surface area contributed by atoms with Gasteiger partial charge in [0.1, 0.15) is 0 Å². The first-order valence-electron chi connectivity index (χ1n) is 5.01. The van der Waals surface area contributed by atoms with Crippen LogP contribution in [0.5, 0.6) is 0 Å². The van der Waals surface area contributed by atoms with Crippen LogP contribution < -0.4 is 0 Å². The van der Waals surface area contributed by atoms with Crippen LogP contribution in [0, 0.1) is 0 Å². The molecule has 1 aromatic rings. The summed E-state index contributed by atoms with van der Waals surface area (Å²) in [5.74, 6) is -0.178. The molecule has 0 aliphatic carbocycles. The molecule has 1 aromatic heterocycles. The van der Waals surface area contributed by atoms with Gasteiger partial charge in [-0.15, -0.1) is 0 Å². The average Bonchev–Trinajstić information content (AvgIpc) is 2.29. The van der Waals surface area contributed by atoms with Crippen molar-refractivity contribution in [3.8, 4) is 0 Å². The molecule has 0 bridgehead atoms. The number of hydrogen-bond acceptors (Lipinski definition) is 4. The fraction of sp³-hybridized carbons (Fsp3) is 0.455. The fourth-order valence-electron chi connectivity index (χ4n) is 1.81. The summed E-state index contributed by atoms with van der Waals surface area (Å²) in [4.78, 5) is 17.5. The summed E-state index contributed by atoms with van der Waals surface area (Å²) in [6, 6.07) is 3.99. The van der Waals surface area contributed by atoms with Crippen LogP contribution in [0.3, 0.4) is 0 Å². The lowest BCUT2D eigenvalue weighted by molar-refractivity contribution is -0.142. The van der Waals surface area contributed by atoms with Crippen molar-refractivity contribution >= 4 is 5.97 Å². The smallest absolute Gasteiger partial charge is 0.319 e. The second kappa shape index (κ2) is 4.40. The molecule has 0 N–H and O–H groups in total. The van der Waals surface area contributed by atoms with Crippen molar-refractivity contribution in [2.24, 2.45) is 0 Å². The zero-order valence-corrected chi connectivity index (χ0v) is 8.77. The van der Waals surface area contributed by atoms with E-state index in [0.29, 0.717) is 6.54 Å². The van der Waals surface area contributed by atoms with E-state index in [1.807, 2.05) is 12.3 Å². The minimum atomic E-state index is -0.178. The van der Waals surface area contributed by atoms with Crippen LogP contribution in [-0.4, -0.2) is 36.1 Å². The zero-order chi connectivity index (χ0) is 10.7. The Hall–Kier alpha value is -1.42. The van der Waals surface area contributed by atoms with E-state index in [4.69, 9.17) is 0 Å². The van der Waals surface area contributed by atoms with E-state index in [-0.39, 0.29) is 5.97 Å². The molecule has 0 amide bonds. The monoisotopic (exact) mass is 206 g/mol.